The Morgan fingerprint density at radius 2 is 1.73 bits per heavy atom. The highest BCUT2D eigenvalue weighted by Crippen LogP contribution is 2.30. The van der Waals surface area contributed by atoms with Gasteiger partial charge < -0.3 is 19.7 Å². The van der Waals surface area contributed by atoms with E-state index in [1.165, 1.54) is 0 Å². The third kappa shape index (κ3) is 5.27. The van der Waals surface area contributed by atoms with Gasteiger partial charge >= 0.3 is 0 Å². The van der Waals surface area contributed by atoms with E-state index in [1.807, 2.05) is 65.6 Å². The lowest BCUT2D eigenvalue weighted by molar-refractivity contribution is -0.126. The number of methoxy groups -OCH3 is 2. The first-order chi connectivity index (χ1) is 18.1. The number of pyridine rings is 1. The molecule has 0 spiro atoms. The number of carbonyl (C=O) groups excluding carboxylic acids is 2. The van der Waals surface area contributed by atoms with Gasteiger partial charge in [0, 0.05) is 43.6 Å². The van der Waals surface area contributed by atoms with Gasteiger partial charge in [0.15, 0.2) is 0 Å². The highest BCUT2D eigenvalue weighted by Gasteiger charge is 2.28. The number of rotatable bonds is 7. The van der Waals surface area contributed by atoms with Crippen molar-refractivity contribution in [2.75, 3.05) is 40.5 Å². The summed E-state index contributed by atoms with van der Waals surface area (Å²) in [6.45, 7) is 2.09. The van der Waals surface area contributed by atoms with Crippen molar-refractivity contribution >= 4 is 33.5 Å². The van der Waals surface area contributed by atoms with Gasteiger partial charge in [-0.1, -0.05) is 36.4 Å². The van der Waals surface area contributed by atoms with Crippen molar-refractivity contribution in [3.05, 3.63) is 72.3 Å². The molecule has 0 bridgehead atoms. The Bertz CT molecular complexity index is 1440. The Hall–Kier alpha value is -3.97. The molecule has 1 N–H and O–H groups in total. The minimum absolute atomic E-state index is 0.0244. The van der Waals surface area contributed by atoms with E-state index in [2.05, 4.69) is 11.4 Å². The molecule has 7 nitrogen and oxygen atoms in total. The summed E-state index contributed by atoms with van der Waals surface area (Å²) in [5.41, 5.74) is 3.13. The number of aromatic nitrogens is 1. The molecule has 1 saturated heterocycles. The van der Waals surface area contributed by atoms with Gasteiger partial charge in [-0.3, -0.25) is 9.59 Å². The number of fused-ring (bicyclic) bond motifs is 2. The molecule has 0 unspecified atom stereocenters. The summed E-state index contributed by atoms with van der Waals surface area (Å²) >= 11 is 0. The molecular weight excluding hydrogens is 466 g/mol. The number of ether oxygens (including phenoxy) is 2. The molecule has 37 heavy (non-hydrogen) atoms. The highest BCUT2D eigenvalue weighted by molar-refractivity contribution is 6.07. The summed E-state index contributed by atoms with van der Waals surface area (Å²) in [4.78, 5) is 32.9. The summed E-state index contributed by atoms with van der Waals surface area (Å²) in [5, 5.41) is 5.90. The molecule has 1 aliphatic rings. The fourth-order valence-corrected chi connectivity index (χ4v) is 4.95. The van der Waals surface area contributed by atoms with Crippen LogP contribution in [0.4, 0.5) is 0 Å². The zero-order valence-electron chi connectivity index (χ0n) is 21.2. The fraction of sp³-hybridized carbons (Fsp3) is 0.300. The van der Waals surface area contributed by atoms with Crippen molar-refractivity contribution in [1.82, 2.24) is 15.2 Å². The van der Waals surface area contributed by atoms with Crippen LogP contribution in [-0.4, -0.2) is 62.2 Å². The predicted octanol–water partition coefficient (Wildman–Crippen LogP) is 4.68. The van der Waals surface area contributed by atoms with Crippen LogP contribution >= 0.6 is 0 Å². The maximum Gasteiger partial charge on any atom is 0.254 e. The van der Waals surface area contributed by atoms with Crippen LogP contribution in [0.25, 0.3) is 32.9 Å². The number of benzene rings is 3. The highest BCUT2D eigenvalue weighted by atomic mass is 16.5. The summed E-state index contributed by atoms with van der Waals surface area (Å²) < 4.78 is 10.4. The molecule has 2 amide bonds. The zero-order chi connectivity index (χ0) is 25.8. The van der Waals surface area contributed by atoms with Gasteiger partial charge in [0.05, 0.1) is 30.5 Å². The summed E-state index contributed by atoms with van der Waals surface area (Å²) in [7, 11) is 3.27. The van der Waals surface area contributed by atoms with E-state index in [4.69, 9.17) is 14.5 Å². The number of piperidine rings is 1. The van der Waals surface area contributed by atoms with Crippen LogP contribution in [0.3, 0.4) is 0 Å². The molecule has 2 heterocycles. The zero-order valence-corrected chi connectivity index (χ0v) is 21.2. The minimum atomic E-state index is -0.0816. The van der Waals surface area contributed by atoms with E-state index in [-0.39, 0.29) is 17.7 Å². The molecule has 1 fully saturated rings. The first kappa shape index (κ1) is 24.7. The second kappa shape index (κ2) is 11.0. The smallest absolute Gasteiger partial charge is 0.254 e. The molecule has 1 aliphatic heterocycles. The van der Waals surface area contributed by atoms with Gasteiger partial charge in [-0.25, -0.2) is 4.98 Å². The van der Waals surface area contributed by atoms with E-state index in [0.717, 1.165) is 38.7 Å². The minimum Gasteiger partial charge on any atom is -0.497 e. The van der Waals surface area contributed by atoms with Gasteiger partial charge in [0.1, 0.15) is 5.75 Å². The molecule has 7 heteroatoms. The van der Waals surface area contributed by atoms with Crippen LogP contribution in [0.2, 0.25) is 0 Å². The number of hydrogen-bond donors (Lipinski definition) is 1. The first-order valence-electron chi connectivity index (χ1n) is 12.6. The van der Waals surface area contributed by atoms with E-state index >= 15 is 0 Å². The predicted molar refractivity (Wildman–Crippen MR) is 145 cm³/mol. The lowest BCUT2D eigenvalue weighted by atomic mass is 9.94. The molecule has 1 aromatic heterocycles. The van der Waals surface area contributed by atoms with Crippen LogP contribution in [0.1, 0.15) is 23.2 Å². The largest absolute Gasteiger partial charge is 0.497 e. The molecule has 0 atom stereocenters. The topological polar surface area (TPSA) is 80.8 Å². The molecule has 4 aromatic rings. The van der Waals surface area contributed by atoms with Gasteiger partial charge in [0.25, 0.3) is 5.91 Å². The lowest BCUT2D eigenvalue weighted by Gasteiger charge is -2.31. The normalized spacial score (nSPS) is 14.2. The first-order valence-corrected chi connectivity index (χ1v) is 12.6. The van der Waals surface area contributed by atoms with E-state index in [0.29, 0.717) is 44.6 Å². The molecule has 190 valence electrons. The summed E-state index contributed by atoms with van der Waals surface area (Å²) in [5.74, 6) is 0.744. The van der Waals surface area contributed by atoms with Crippen LogP contribution in [0.5, 0.6) is 5.75 Å². The summed E-state index contributed by atoms with van der Waals surface area (Å²) in [6, 6.07) is 21.8. The Kier molecular flexibility index (Phi) is 7.32. The van der Waals surface area contributed by atoms with Gasteiger partial charge in [-0.15, -0.1) is 0 Å². The third-order valence-electron chi connectivity index (χ3n) is 7.05. The molecule has 3 aromatic carbocycles. The fourth-order valence-electron chi connectivity index (χ4n) is 4.95. The second-order valence-electron chi connectivity index (χ2n) is 9.35. The number of nitrogens with zero attached hydrogens (tertiary/aromatic N) is 2. The number of carbonyl (C=O) groups is 2. The van der Waals surface area contributed by atoms with Gasteiger partial charge in [0.2, 0.25) is 5.91 Å². The Morgan fingerprint density at radius 3 is 2.51 bits per heavy atom. The third-order valence-corrected chi connectivity index (χ3v) is 7.05. The van der Waals surface area contributed by atoms with Crippen LogP contribution in [-0.2, 0) is 9.53 Å². The number of hydrogen-bond acceptors (Lipinski definition) is 5. The Labute approximate surface area is 216 Å². The van der Waals surface area contributed by atoms with Crippen molar-refractivity contribution in [3.63, 3.8) is 0 Å². The summed E-state index contributed by atoms with van der Waals surface area (Å²) in [6.07, 6.45) is 1.29. The molecule has 0 aliphatic carbocycles. The maximum absolute atomic E-state index is 13.7. The molecule has 0 saturated carbocycles. The van der Waals surface area contributed by atoms with Gasteiger partial charge in [-0.05, 0) is 53.9 Å². The molecular formula is C30H31N3O4. The maximum atomic E-state index is 13.7. The van der Waals surface area contributed by atoms with Crippen LogP contribution in [0.15, 0.2) is 66.7 Å². The van der Waals surface area contributed by atoms with Crippen molar-refractivity contribution < 1.29 is 19.1 Å². The standard InChI is InChI=1S/C30H31N3O4/c1-36-16-13-31-29(34)20-11-14-33(15-12-20)30(35)26-19-28(32-27-6-4-3-5-25(26)27)23-8-7-22-18-24(37-2)10-9-21(22)17-23/h3-10,17-20H,11-16H2,1-2H3,(H,31,34). The van der Waals surface area contributed by atoms with E-state index < -0.39 is 0 Å². The van der Waals surface area contributed by atoms with Crippen molar-refractivity contribution in [2.24, 2.45) is 5.92 Å². The lowest BCUT2D eigenvalue weighted by Crippen LogP contribution is -2.43. The number of para-hydroxylation sites is 1. The monoisotopic (exact) mass is 497 g/mol. The second-order valence-corrected chi connectivity index (χ2v) is 9.35. The van der Waals surface area contributed by atoms with E-state index in [1.54, 1.807) is 14.2 Å². The quantitative estimate of drug-likeness (QED) is 0.375. The number of nitrogens with one attached hydrogen (secondary N) is 1. The SMILES string of the molecule is COCCNC(=O)C1CCN(C(=O)c2cc(-c3ccc4cc(OC)ccc4c3)nc3ccccc23)CC1. The number of likely N-dealkylation sites (tertiary alicyclic amines) is 1. The van der Waals surface area contributed by atoms with Crippen LogP contribution in [0, 0.1) is 5.92 Å². The Balaban J connectivity index is 1.41. The van der Waals surface area contributed by atoms with Crippen molar-refractivity contribution in [2.45, 2.75) is 12.8 Å². The van der Waals surface area contributed by atoms with Gasteiger partial charge in [-0.2, -0.15) is 0 Å². The van der Waals surface area contributed by atoms with Crippen LogP contribution < -0.4 is 10.1 Å². The molecule has 5 rings (SSSR count). The van der Waals surface area contributed by atoms with Crippen molar-refractivity contribution in [1.29, 1.82) is 0 Å². The average Bonchev–Trinajstić information content (AvgIpc) is 2.95. The Morgan fingerprint density at radius 1 is 0.973 bits per heavy atom. The molecule has 0 radical (unpaired) electrons. The van der Waals surface area contributed by atoms with Crippen molar-refractivity contribution in [3.8, 4) is 17.0 Å². The number of amides is 2. The average molecular weight is 498 g/mol. The van der Waals surface area contributed by atoms with E-state index in [9.17, 15) is 9.59 Å².